The lowest BCUT2D eigenvalue weighted by molar-refractivity contribution is -0.118. The molecule has 1 aliphatic heterocycles. The number of aryl methyl sites for hydroxylation is 1. The Hall–Kier alpha value is -1.72. The second-order valence-electron chi connectivity index (χ2n) is 8.12. The van der Waals surface area contributed by atoms with Gasteiger partial charge >= 0.3 is 0 Å². The van der Waals surface area contributed by atoms with Crippen LogP contribution in [0.1, 0.15) is 60.4 Å². The fourth-order valence-corrected chi connectivity index (χ4v) is 7.65. The Labute approximate surface area is 190 Å². The van der Waals surface area contributed by atoms with Crippen LogP contribution in [0.5, 0.6) is 0 Å². The van der Waals surface area contributed by atoms with Gasteiger partial charge in [-0.05, 0) is 39.2 Å². The highest BCUT2D eigenvalue weighted by Gasteiger charge is 2.35. The maximum atomic E-state index is 12.9. The molecule has 0 radical (unpaired) electrons. The Morgan fingerprint density at radius 3 is 2.61 bits per heavy atom. The molecule has 1 saturated heterocycles. The molecule has 0 unspecified atom stereocenters. The third-order valence-corrected chi connectivity index (χ3v) is 9.58. The first-order valence-corrected chi connectivity index (χ1v) is 14.0. The maximum absolute atomic E-state index is 12.9. The molecule has 1 amide bonds. The Morgan fingerprint density at radius 1 is 1.26 bits per heavy atom. The van der Waals surface area contributed by atoms with Gasteiger partial charge in [-0.1, -0.05) is 30.0 Å². The molecule has 2 fully saturated rings. The van der Waals surface area contributed by atoms with Gasteiger partial charge in [-0.25, -0.2) is 8.42 Å². The molecule has 2 aliphatic rings. The van der Waals surface area contributed by atoms with Crippen LogP contribution in [-0.2, 0) is 14.6 Å². The van der Waals surface area contributed by atoms with Gasteiger partial charge in [-0.2, -0.15) is 0 Å². The Bertz CT molecular complexity index is 1120. The molecular weight excluding hydrogens is 456 g/mol. The van der Waals surface area contributed by atoms with Crippen molar-refractivity contribution >= 4 is 49.8 Å². The summed E-state index contributed by atoms with van der Waals surface area (Å²) in [6.45, 7) is 5.63. The van der Waals surface area contributed by atoms with Gasteiger partial charge in [0.2, 0.25) is 11.0 Å². The molecule has 1 atom stereocenters. The van der Waals surface area contributed by atoms with E-state index in [0.717, 1.165) is 24.2 Å². The minimum absolute atomic E-state index is 0.0226. The minimum Gasteiger partial charge on any atom is -0.344 e. The van der Waals surface area contributed by atoms with Crippen molar-refractivity contribution in [2.24, 2.45) is 0 Å². The van der Waals surface area contributed by atoms with Crippen molar-refractivity contribution in [2.75, 3.05) is 22.2 Å². The lowest BCUT2D eigenvalue weighted by atomic mass is 10.2. The Balaban J connectivity index is 1.44. The van der Waals surface area contributed by atoms with Gasteiger partial charge in [0.05, 0.1) is 17.3 Å². The number of hydrogen-bond donors (Lipinski definition) is 0. The summed E-state index contributed by atoms with van der Waals surface area (Å²) >= 11 is 2.67. The number of aromatic nitrogens is 3. The largest absolute Gasteiger partial charge is 0.344 e. The number of nitrogens with zero attached hydrogens (tertiary/aromatic N) is 4. The van der Waals surface area contributed by atoms with E-state index in [-0.39, 0.29) is 41.0 Å². The highest BCUT2D eigenvalue weighted by molar-refractivity contribution is 8.01. The normalized spacial score (nSPS) is 20.2. The molecule has 4 rings (SSSR count). The smallest absolute Gasteiger partial charge is 0.228 e. The number of ketones is 1. The van der Waals surface area contributed by atoms with Crippen LogP contribution in [-0.4, -0.2) is 58.2 Å². The summed E-state index contributed by atoms with van der Waals surface area (Å²) in [5, 5.41) is 8.95. The van der Waals surface area contributed by atoms with Gasteiger partial charge in [-0.15, -0.1) is 10.2 Å². The van der Waals surface area contributed by atoms with Crippen LogP contribution >= 0.6 is 23.1 Å². The van der Waals surface area contributed by atoms with Crippen LogP contribution in [0.3, 0.4) is 0 Å². The van der Waals surface area contributed by atoms with E-state index in [1.54, 1.807) is 4.90 Å². The second kappa shape index (κ2) is 8.67. The van der Waals surface area contributed by atoms with Gasteiger partial charge in [-0.3, -0.25) is 14.5 Å². The van der Waals surface area contributed by atoms with E-state index in [1.165, 1.54) is 23.1 Å². The molecule has 1 saturated carbocycles. The van der Waals surface area contributed by atoms with Crippen molar-refractivity contribution < 1.29 is 18.0 Å². The zero-order valence-corrected chi connectivity index (χ0v) is 20.3. The first-order chi connectivity index (χ1) is 14.7. The zero-order chi connectivity index (χ0) is 22.3. The predicted molar refractivity (Wildman–Crippen MR) is 122 cm³/mol. The highest BCUT2D eigenvalue weighted by atomic mass is 32.2. The standard InChI is InChI=1S/C20H26N4O4S3/c1-4-18(26)24(14-5-6-14)19-21-22-20(30-19)29-10-17(25)16-9-12(2)23(13(16)3)15-7-8-31(27,28)11-15/h9,14-15H,4-8,10-11H2,1-3H3/t15-/m1/s1. The van der Waals surface area contributed by atoms with Gasteiger partial charge in [0.1, 0.15) is 0 Å². The van der Waals surface area contributed by atoms with Crippen LogP contribution in [0.2, 0.25) is 0 Å². The number of carbonyl (C=O) groups excluding carboxylic acids is 2. The number of Topliss-reactive ketones (excluding diaryl/α,β-unsaturated/α-hetero) is 1. The molecule has 11 heteroatoms. The molecule has 31 heavy (non-hydrogen) atoms. The van der Waals surface area contributed by atoms with Gasteiger partial charge in [0.25, 0.3) is 0 Å². The van der Waals surface area contributed by atoms with Crippen molar-refractivity contribution in [3.63, 3.8) is 0 Å². The van der Waals surface area contributed by atoms with Crippen LogP contribution < -0.4 is 4.90 Å². The minimum atomic E-state index is -3.00. The van der Waals surface area contributed by atoms with Crippen LogP contribution in [0.15, 0.2) is 10.4 Å². The van der Waals surface area contributed by atoms with Gasteiger partial charge in [0, 0.05) is 35.5 Å². The first kappa shape index (κ1) is 22.5. The van der Waals surface area contributed by atoms with Gasteiger partial charge < -0.3 is 4.57 Å². The van der Waals surface area contributed by atoms with Crippen molar-refractivity contribution in [2.45, 2.75) is 62.9 Å². The molecular formula is C20H26N4O4S3. The lowest BCUT2D eigenvalue weighted by Crippen LogP contribution is -2.32. The quantitative estimate of drug-likeness (QED) is 0.323. The van der Waals surface area contributed by atoms with E-state index in [9.17, 15) is 18.0 Å². The molecule has 2 aromatic rings. The zero-order valence-electron chi connectivity index (χ0n) is 17.8. The SMILES string of the molecule is CCC(=O)N(c1nnc(SCC(=O)c2cc(C)n([C@@H]3CCS(=O)(=O)C3)c2C)s1)C1CC1. The second-order valence-corrected chi connectivity index (χ2v) is 12.5. The maximum Gasteiger partial charge on any atom is 0.228 e. The molecule has 2 aromatic heterocycles. The first-order valence-electron chi connectivity index (χ1n) is 10.4. The number of sulfone groups is 1. The van der Waals surface area contributed by atoms with Crippen molar-refractivity contribution in [1.82, 2.24) is 14.8 Å². The van der Waals surface area contributed by atoms with E-state index >= 15 is 0 Å². The number of anilines is 1. The van der Waals surface area contributed by atoms with E-state index in [2.05, 4.69) is 10.2 Å². The summed E-state index contributed by atoms with van der Waals surface area (Å²) in [5.74, 6) is 0.574. The summed E-state index contributed by atoms with van der Waals surface area (Å²) < 4.78 is 26.4. The number of hydrogen-bond acceptors (Lipinski definition) is 8. The summed E-state index contributed by atoms with van der Waals surface area (Å²) in [4.78, 5) is 26.9. The van der Waals surface area contributed by atoms with E-state index in [4.69, 9.17) is 0 Å². The fraction of sp³-hybridized carbons (Fsp3) is 0.600. The topological polar surface area (TPSA) is 102 Å². The molecule has 1 aliphatic carbocycles. The van der Waals surface area contributed by atoms with Crippen molar-refractivity contribution in [1.29, 1.82) is 0 Å². The number of amides is 1. The summed E-state index contributed by atoms with van der Waals surface area (Å²) in [7, 11) is -3.00. The van der Waals surface area contributed by atoms with Crippen molar-refractivity contribution in [3.8, 4) is 0 Å². The summed E-state index contributed by atoms with van der Waals surface area (Å²) in [6.07, 6.45) is 2.99. The number of rotatable bonds is 8. The highest BCUT2D eigenvalue weighted by Crippen LogP contribution is 2.36. The Kier molecular flexibility index (Phi) is 6.28. The summed E-state index contributed by atoms with van der Waals surface area (Å²) in [6, 6.07) is 1.97. The van der Waals surface area contributed by atoms with Crippen LogP contribution in [0, 0.1) is 13.8 Å². The van der Waals surface area contributed by atoms with Crippen LogP contribution in [0.4, 0.5) is 5.13 Å². The van der Waals surface area contributed by atoms with Gasteiger partial charge in [0.15, 0.2) is 20.0 Å². The predicted octanol–water partition coefficient (Wildman–Crippen LogP) is 3.20. The fourth-order valence-electron chi connectivity index (χ4n) is 4.13. The average Bonchev–Trinajstić information content (AvgIpc) is 3.21. The lowest BCUT2D eigenvalue weighted by Gasteiger charge is -2.17. The van der Waals surface area contributed by atoms with E-state index < -0.39 is 9.84 Å². The van der Waals surface area contributed by atoms with Crippen molar-refractivity contribution in [3.05, 3.63) is 23.0 Å². The molecule has 0 bridgehead atoms. The summed E-state index contributed by atoms with van der Waals surface area (Å²) in [5.41, 5.74) is 2.35. The Morgan fingerprint density at radius 2 is 2.00 bits per heavy atom. The molecule has 0 spiro atoms. The third kappa shape index (κ3) is 4.73. The molecule has 0 aromatic carbocycles. The average molecular weight is 483 g/mol. The number of thioether (sulfide) groups is 1. The third-order valence-electron chi connectivity index (χ3n) is 5.77. The molecule has 168 valence electrons. The van der Waals surface area contributed by atoms with Crippen LogP contribution in [0.25, 0.3) is 0 Å². The molecule has 3 heterocycles. The molecule has 0 N–H and O–H groups in total. The van der Waals surface area contributed by atoms with E-state index in [0.29, 0.717) is 27.9 Å². The monoisotopic (exact) mass is 482 g/mol. The van der Waals surface area contributed by atoms with E-state index in [1.807, 2.05) is 31.4 Å². The molecule has 8 nitrogen and oxygen atoms in total. The number of carbonyl (C=O) groups is 2.